The zero-order valence-corrected chi connectivity index (χ0v) is 16.2. The predicted octanol–water partition coefficient (Wildman–Crippen LogP) is 2.30. The van der Waals surface area contributed by atoms with Gasteiger partial charge in [-0.3, -0.25) is 0 Å². The smallest absolute Gasteiger partial charge is 0.240 e. The Bertz CT molecular complexity index is 949. The summed E-state index contributed by atoms with van der Waals surface area (Å²) in [5.74, 6) is 0.851. The summed E-state index contributed by atoms with van der Waals surface area (Å²) in [6, 6.07) is 14.1. The van der Waals surface area contributed by atoms with Crippen molar-refractivity contribution in [2.75, 3.05) is 20.2 Å². The Morgan fingerprint density at radius 1 is 1.22 bits per heavy atom. The molecule has 1 aliphatic rings. The lowest BCUT2D eigenvalue weighted by molar-refractivity contribution is 0.377. The third-order valence-electron chi connectivity index (χ3n) is 4.96. The van der Waals surface area contributed by atoms with Crippen molar-refractivity contribution in [3.8, 4) is 11.8 Å². The van der Waals surface area contributed by atoms with E-state index in [1.165, 1.54) is 6.07 Å². The van der Waals surface area contributed by atoms with Gasteiger partial charge in [-0.15, -0.1) is 0 Å². The third-order valence-corrected chi connectivity index (χ3v) is 6.45. The van der Waals surface area contributed by atoms with Gasteiger partial charge in [0, 0.05) is 18.5 Å². The monoisotopic (exact) mass is 385 g/mol. The SMILES string of the molecule is COc1ccc(C2CCNCC2NS(=O)(=O)c2ccc(C#N)c(C)c2)cc1. The molecule has 0 spiro atoms. The Kier molecular flexibility index (Phi) is 5.80. The number of rotatable bonds is 5. The Balaban J connectivity index is 1.84. The van der Waals surface area contributed by atoms with Crippen LogP contribution in [-0.2, 0) is 10.0 Å². The van der Waals surface area contributed by atoms with E-state index in [4.69, 9.17) is 10.00 Å². The maximum atomic E-state index is 12.9. The molecule has 2 N–H and O–H groups in total. The van der Waals surface area contributed by atoms with Crippen molar-refractivity contribution in [2.45, 2.75) is 30.2 Å². The van der Waals surface area contributed by atoms with Gasteiger partial charge in [-0.2, -0.15) is 5.26 Å². The Morgan fingerprint density at radius 2 is 1.96 bits per heavy atom. The molecular weight excluding hydrogens is 362 g/mol. The molecule has 0 bridgehead atoms. The zero-order chi connectivity index (χ0) is 19.4. The van der Waals surface area contributed by atoms with Crippen LogP contribution >= 0.6 is 0 Å². The summed E-state index contributed by atoms with van der Waals surface area (Å²) in [6.45, 7) is 3.13. The molecule has 7 heteroatoms. The Hall–Kier alpha value is -2.40. The molecule has 0 saturated carbocycles. The van der Waals surface area contributed by atoms with E-state index >= 15 is 0 Å². The maximum Gasteiger partial charge on any atom is 0.240 e. The van der Waals surface area contributed by atoms with Crippen molar-refractivity contribution in [1.29, 1.82) is 5.26 Å². The first-order chi connectivity index (χ1) is 12.9. The molecule has 0 amide bonds. The molecule has 0 aromatic heterocycles. The highest BCUT2D eigenvalue weighted by molar-refractivity contribution is 7.89. The second-order valence-electron chi connectivity index (χ2n) is 6.69. The van der Waals surface area contributed by atoms with Crippen LogP contribution in [-0.4, -0.2) is 34.7 Å². The summed E-state index contributed by atoms with van der Waals surface area (Å²) in [5.41, 5.74) is 2.21. The number of sulfonamides is 1. The summed E-state index contributed by atoms with van der Waals surface area (Å²) in [6.07, 6.45) is 0.839. The van der Waals surface area contributed by atoms with Crippen LogP contribution in [0.3, 0.4) is 0 Å². The quantitative estimate of drug-likeness (QED) is 0.824. The number of nitriles is 1. The molecule has 1 fully saturated rings. The number of nitrogens with one attached hydrogen (secondary N) is 2. The van der Waals surface area contributed by atoms with Crippen LogP contribution in [0.5, 0.6) is 5.75 Å². The van der Waals surface area contributed by atoms with E-state index in [0.717, 1.165) is 24.3 Å². The zero-order valence-electron chi connectivity index (χ0n) is 15.4. The lowest BCUT2D eigenvalue weighted by Gasteiger charge is -2.33. The second-order valence-corrected chi connectivity index (χ2v) is 8.40. The topological polar surface area (TPSA) is 91.2 Å². The molecule has 0 aliphatic carbocycles. The summed E-state index contributed by atoms with van der Waals surface area (Å²) in [7, 11) is -2.06. The van der Waals surface area contributed by atoms with Gasteiger partial charge in [0.05, 0.1) is 23.6 Å². The van der Waals surface area contributed by atoms with Crippen LogP contribution in [0.15, 0.2) is 47.4 Å². The minimum atomic E-state index is -3.69. The van der Waals surface area contributed by atoms with Crippen LogP contribution in [0.25, 0.3) is 0 Å². The van der Waals surface area contributed by atoms with Gasteiger partial charge in [-0.05, 0) is 61.3 Å². The van der Waals surface area contributed by atoms with Gasteiger partial charge in [-0.25, -0.2) is 13.1 Å². The molecule has 2 aromatic rings. The van der Waals surface area contributed by atoms with Gasteiger partial charge in [0.15, 0.2) is 0 Å². The Morgan fingerprint density at radius 3 is 2.59 bits per heavy atom. The summed E-state index contributed by atoms with van der Waals surface area (Å²) < 4.78 is 33.8. The van der Waals surface area contributed by atoms with Crippen LogP contribution in [0.1, 0.15) is 29.0 Å². The van der Waals surface area contributed by atoms with Crippen LogP contribution in [0.4, 0.5) is 0 Å². The second kappa shape index (κ2) is 8.09. The molecular formula is C20H23N3O3S. The minimum absolute atomic E-state index is 0.0754. The fourth-order valence-electron chi connectivity index (χ4n) is 3.43. The van der Waals surface area contributed by atoms with Crippen molar-refractivity contribution < 1.29 is 13.2 Å². The third kappa shape index (κ3) is 4.30. The average Bonchev–Trinajstić information content (AvgIpc) is 2.68. The lowest BCUT2D eigenvalue weighted by atomic mass is 9.86. The maximum absolute atomic E-state index is 12.9. The molecule has 3 rings (SSSR count). The van der Waals surface area contributed by atoms with Crippen LogP contribution in [0, 0.1) is 18.3 Å². The highest BCUT2D eigenvalue weighted by Gasteiger charge is 2.30. The van der Waals surface area contributed by atoms with Gasteiger partial charge >= 0.3 is 0 Å². The molecule has 2 aromatic carbocycles. The van der Waals surface area contributed by atoms with Gasteiger partial charge < -0.3 is 10.1 Å². The van der Waals surface area contributed by atoms with Crippen LogP contribution < -0.4 is 14.8 Å². The summed E-state index contributed by atoms with van der Waals surface area (Å²) in [5, 5.41) is 12.3. The average molecular weight is 385 g/mol. The highest BCUT2D eigenvalue weighted by atomic mass is 32.2. The van der Waals surface area contributed by atoms with Crippen molar-refractivity contribution in [1.82, 2.24) is 10.0 Å². The molecule has 0 radical (unpaired) electrons. The van der Waals surface area contributed by atoms with E-state index in [1.54, 1.807) is 26.2 Å². The van der Waals surface area contributed by atoms with Crippen LogP contribution in [0.2, 0.25) is 0 Å². The number of ether oxygens (including phenoxy) is 1. The highest BCUT2D eigenvalue weighted by Crippen LogP contribution is 2.28. The lowest BCUT2D eigenvalue weighted by Crippen LogP contribution is -2.49. The molecule has 142 valence electrons. The number of nitrogens with zero attached hydrogens (tertiary/aromatic N) is 1. The number of hydrogen-bond acceptors (Lipinski definition) is 5. The molecule has 1 aliphatic heterocycles. The molecule has 1 saturated heterocycles. The van der Waals surface area contributed by atoms with Crippen molar-refractivity contribution in [2.24, 2.45) is 0 Å². The van der Waals surface area contributed by atoms with Gasteiger partial charge in [0.1, 0.15) is 5.75 Å². The number of hydrogen-bond donors (Lipinski definition) is 2. The van der Waals surface area contributed by atoms with Gasteiger partial charge in [0.25, 0.3) is 0 Å². The summed E-state index contributed by atoms with van der Waals surface area (Å²) >= 11 is 0. The first-order valence-electron chi connectivity index (χ1n) is 8.82. The number of piperidine rings is 1. The molecule has 6 nitrogen and oxygen atoms in total. The first kappa shape index (κ1) is 19.4. The molecule has 1 heterocycles. The number of aryl methyl sites for hydroxylation is 1. The Labute approximate surface area is 160 Å². The largest absolute Gasteiger partial charge is 0.497 e. The molecule has 2 unspecified atom stereocenters. The van der Waals surface area contributed by atoms with E-state index < -0.39 is 10.0 Å². The van der Waals surface area contributed by atoms with E-state index in [1.807, 2.05) is 24.3 Å². The molecule has 2 atom stereocenters. The van der Waals surface area contributed by atoms with Crippen molar-refractivity contribution in [3.05, 3.63) is 59.2 Å². The molecule has 27 heavy (non-hydrogen) atoms. The fraction of sp³-hybridized carbons (Fsp3) is 0.350. The van der Waals surface area contributed by atoms with E-state index in [0.29, 0.717) is 17.7 Å². The minimum Gasteiger partial charge on any atom is -0.497 e. The van der Waals surface area contributed by atoms with Gasteiger partial charge in [0.2, 0.25) is 10.0 Å². The standard InChI is InChI=1S/C20H23N3O3S/c1-14-11-18(8-5-16(14)12-21)27(24,25)23-20-13-22-10-9-19(20)15-3-6-17(26-2)7-4-15/h3-8,11,19-20,22-23H,9-10,13H2,1-2H3. The van der Waals surface area contributed by atoms with E-state index in [9.17, 15) is 8.42 Å². The van der Waals surface area contributed by atoms with E-state index in [2.05, 4.69) is 16.1 Å². The predicted molar refractivity (Wildman–Crippen MR) is 103 cm³/mol. The normalized spacial score (nSPS) is 20.0. The van der Waals surface area contributed by atoms with Crippen molar-refractivity contribution >= 4 is 10.0 Å². The fourth-order valence-corrected chi connectivity index (χ4v) is 4.79. The van der Waals surface area contributed by atoms with Gasteiger partial charge in [-0.1, -0.05) is 12.1 Å². The first-order valence-corrected chi connectivity index (χ1v) is 10.3. The summed E-state index contributed by atoms with van der Waals surface area (Å²) in [4.78, 5) is 0.179. The van der Waals surface area contributed by atoms with E-state index in [-0.39, 0.29) is 16.9 Å². The number of benzene rings is 2. The number of methoxy groups -OCH3 is 1. The van der Waals surface area contributed by atoms with Crippen molar-refractivity contribution in [3.63, 3.8) is 0 Å².